The summed E-state index contributed by atoms with van der Waals surface area (Å²) < 4.78 is 2.15. The number of nitrogens with one attached hydrogen (secondary N) is 1. The minimum Gasteiger partial charge on any atom is -0.330 e. The molecule has 0 bridgehead atoms. The second-order valence-corrected chi connectivity index (χ2v) is 8.08. The lowest BCUT2D eigenvalue weighted by Gasteiger charge is -2.31. The maximum absolute atomic E-state index is 12.6. The normalized spacial score (nSPS) is 15.8. The number of aromatic nitrogens is 2. The van der Waals surface area contributed by atoms with Gasteiger partial charge in [0.05, 0.1) is 28.3 Å². The Morgan fingerprint density at radius 1 is 1.18 bits per heavy atom. The van der Waals surface area contributed by atoms with Crippen molar-refractivity contribution in [2.45, 2.75) is 19.4 Å². The molecular weight excluding hydrogens is 395 g/mol. The second-order valence-electron chi connectivity index (χ2n) is 7.24. The van der Waals surface area contributed by atoms with Crippen molar-refractivity contribution in [3.8, 4) is 0 Å². The third kappa shape index (κ3) is 4.02. The fourth-order valence-electron chi connectivity index (χ4n) is 3.72. The lowest BCUT2D eigenvalue weighted by Crippen LogP contribution is -2.38. The molecule has 0 aliphatic carbocycles. The van der Waals surface area contributed by atoms with E-state index in [4.69, 9.17) is 28.2 Å². The molecule has 0 atom stereocenters. The van der Waals surface area contributed by atoms with Crippen LogP contribution in [0, 0.1) is 5.92 Å². The summed E-state index contributed by atoms with van der Waals surface area (Å²) in [4.78, 5) is 19.7. The third-order valence-electron chi connectivity index (χ3n) is 5.39. The zero-order valence-electron chi connectivity index (χ0n) is 15.7. The molecule has 3 aromatic rings. The standard InChI is InChI=1S/C21H22Cl2N4O/c1-26-19-5-3-2-4-18(19)24-20(26)13-27-10-8-14(9-11-27)21(28)25-17-7-6-15(22)12-16(17)23/h2-7,12,14H,8-11,13H2,1H3,(H,25,28). The number of fused-ring (bicyclic) bond motifs is 1. The highest BCUT2D eigenvalue weighted by molar-refractivity contribution is 6.36. The summed E-state index contributed by atoms with van der Waals surface area (Å²) in [5, 5.41) is 3.95. The molecule has 1 aliphatic rings. The van der Waals surface area contributed by atoms with E-state index in [9.17, 15) is 4.79 Å². The van der Waals surface area contributed by atoms with Crippen LogP contribution in [-0.2, 0) is 18.4 Å². The summed E-state index contributed by atoms with van der Waals surface area (Å²) in [5.41, 5.74) is 2.78. The molecule has 0 radical (unpaired) electrons. The molecule has 1 aliphatic heterocycles. The first kappa shape index (κ1) is 19.2. The molecule has 1 fully saturated rings. The van der Waals surface area contributed by atoms with Crippen molar-refractivity contribution >= 4 is 45.8 Å². The lowest BCUT2D eigenvalue weighted by molar-refractivity contribution is -0.121. The number of carbonyl (C=O) groups excluding carboxylic acids is 1. The van der Waals surface area contributed by atoms with Crippen LogP contribution in [0.4, 0.5) is 5.69 Å². The van der Waals surface area contributed by atoms with Crippen molar-refractivity contribution in [2.24, 2.45) is 13.0 Å². The van der Waals surface area contributed by atoms with Gasteiger partial charge in [-0.05, 0) is 56.3 Å². The largest absolute Gasteiger partial charge is 0.330 e. The quantitative estimate of drug-likeness (QED) is 0.668. The molecule has 1 N–H and O–H groups in total. The van der Waals surface area contributed by atoms with Crippen molar-refractivity contribution in [2.75, 3.05) is 18.4 Å². The summed E-state index contributed by atoms with van der Waals surface area (Å²) in [6.45, 7) is 2.54. The molecule has 146 valence electrons. The van der Waals surface area contributed by atoms with Gasteiger partial charge in [0.2, 0.25) is 5.91 Å². The van der Waals surface area contributed by atoms with E-state index in [-0.39, 0.29) is 11.8 Å². The number of benzene rings is 2. The van der Waals surface area contributed by atoms with Gasteiger partial charge in [-0.2, -0.15) is 0 Å². The average Bonchev–Trinajstić information content (AvgIpc) is 3.00. The zero-order valence-corrected chi connectivity index (χ0v) is 17.2. The van der Waals surface area contributed by atoms with Gasteiger partial charge in [0.1, 0.15) is 5.82 Å². The summed E-state index contributed by atoms with van der Waals surface area (Å²) in [6, 6.07) is 13.3. The number of hydrogen-bond acceptors (Lipinski definition) is 3. The number of aryl methyl sites for hydroxylation is 1. The van der Waals surface area contributed by atoms with Gasteiger partial charge in [-0.1, -0.05) is 35.3 Å². The summed E-state index contributed by atoms with van der Waals surface area (Å²) in [7, 11) is 2.06. The molecule has 0 saturated carbocycles. The van der Waals surface area contributed by atoms with E-state index in [1.165, 1.54) is 0 Å². The minimum atomic E-state index is -0.0107. The maximum Gasteiger partial charge on any atom is 0.227 e. The van der Waals surface area contributed by atoms with Gasteiger partial charge in [0, 0.05) is 18.0 Å². The fourth-order valence-corrected chi connectivity index (χ4v) is 4.17. The fraction of sp³-hybridized carbons (Fsp3) is 0.333. The number of halogens is 2. The Balaban J connectivity index is 1.35. The first-order valence-corrected chi connectivity index (χ1v) is 10.2. The topological polar surface area (TPSA) is 50.2 Å². The van der Waals surface area contributed by atoms with Crippen molar-refractivity contribution in [1.82, 2.24) is 14.5 Å². The number of anilines is 1. The zero-order chi connectivity index (χ0) is 19.7. The van der Waals surface area contributed by atoms with Gasteiger partial charge >= 0.3 is 0 Å². The van der Waals surface area contributed by atoms with Crippen molar-refractivity contribution < 1.29 is 4.79 Å². The van der Waals surface area contributed by atoms with Crippen LogP contribution in [-0.4, -0.2) is 33.4 Å². The van der Waals surface area contributed by atoms with Gasteiger partial charge in [-0.3, -0.25) is 9.69 Å². The number of carbonyl (C=O) groups is 1. The SMILES string of the molecule is Cn1c(CN2CCC(C(=O)Nc3ccc(Cl)cc3Cl)CC2)nc2ccccc21. The minimum absolute atomic E-state index is 0.0107. The maximum atomic E-state index is 12.6. The molecular formula is C21H22Cl2N4O. The number of para-hydroxylation sites is 2. The Morgan fingerprint density at radius 2 is 1.93 bits per heavy atom. The number of rotatable bonds is 4. The third-order valence-corrected chi connectivity index (χ3v) is 5.94. The van der Waals surface area contributed by atoms with E-state index < -0.39 is 0 Å². The van der Waals surface area contributed by atoms with Crippen LogP contribution < -0.4 is 5.32 Å². The predicted octanol–water partition coefficient (Wildman–Crippen LogP) is 4.73. The van der Waals surface area contributed by atoms with Crippen LogP contribution in [0.15, 0.2) is 42.5 Å². The molecule has 2 aromatic carbocycles. The van der Waals surface area contributed by atoms with Gasteiger partial charge in [-0.25, -0.2) is 4.98 Å². The van der Waals surface area contributed by atoms with Gasteiger partial charge < -0.3 is 9.88 Å². The van der Waals surface area contributed by atoms with Crippen LogP contribution in [0.1, 0.15) is 18.7 Å². The molecule has 2 heterocycles. The van der Waals surface area contributed by atoms with Crippen LogP contribution >= 0.6 is 23.2 Å². The smallest absolute Gasteiger partial charge is 0.227 e. The Kier molecular flexibility index (Phi) is 5.58. The molecule has 28 heavy (non-hydrogen) atoms. The van der Waals surface area contributed by atoms with E-state index in [0.717, 1.165) is 49.3 Å². The molecule has 4 rings (SSSR count). The Bertz CT molecular complexity index is 1010. The molecule has 0 spiro atoms. The van der Waals surface area contributed by atoms with Gasteiger partial charge in [0.25, 0.3) is 0 Å². The number of hydrogen-bond donors (Lipinski definition) is 1. The Labute approximate surface area is 174 Å². The van der Waals surface area contributed by atoms with E-state index in [0.29, 0.717) is 15.7 Å². The number of imidazole rings is 1. The van der Waals surface area contributed by atoms with Crippen LogP contribution in [0.2, 0.25) is 10.0 Å². The first-order chi connectivity index (χ1) is 13.5. The van der Waals surface area contributed by atoms with E-state index in [1.807, 2.05) is 18.2 Å². The van der Waals surface area contributed by atoms with Crippen LogP contribution in [0.25, 0.3) is 11.0 Å². The van der Waals surface area contributed by atoms with E-state index in [1.54, 1.807) is 18.2 Å². The summed E-state index contributed by atoms with van der Waals surface area (Å²) in [5.74, 6) is 1.06. The number of piperidine rings is 1. The highest BCUT2D eigenvalue weighted by atomic mass is 35.5. The number of amides is 1. The molecule has 5 nitrogen and oxygen atoms in total. The molecule has 1 saturated heterocycles. The monoisotopic (exact) mass is 416 g/mol. The highest BCUT2D eigenvalue weighted by Gasteiger charge is 2.26. The van der Waals surface area contributed by atoms with Gasteiger partial charge in [0.15, 0.2) is 0 Å². The lowest BCUT2D eigenvalue weighted by atomic mass is 9.96. The van der Waals surface area contributed by atoms with E-state index >= 15 is 0 Å². The van der Waals surface area contributed by atoms with Crippen LogP contribution in [0.3, 0.4) is 0 Å². The molecule has 1 amide bonds. The summed E-state index contributed by atoms with van der Waals surface area (Å²) in [6.07, 6.45) is 1.64. The molecule has 7 heteroatoms. The van der Waals surface area contributed by atoms with Crippen molar-refractivity contribution in [3.63, 3.8) is 0 Å². The van der Waals surface area contributed by atoms with Crippen molar-refractivity contribution in [3.05, 3.63) is 58.3 Å². The Morgan fingerprint density at radius 3 is 2.64 bits per heavy atom. The summed E-state index contributed by atoms with van der Waals surface area (Å²) >= 11 is 12.1. The second kappa shape index (κ2) is 8.11. The average molecular weight is 417 g/mol. The van der Waals surface area contributed by atoms with E-state index in [2.05, 4.69) is 27.9 Å². The highest BCUT2D eigenvalue weighted by Crippen LogP contribution is 2.27. The number of likely N-dealkylation sites (tertiary alicyclic amines) is 1. The Hall–Kier alpha value is -2.08. The predicted molar refractivity (Wildman–Crippen MR) is 114 cm³/mol. The van der Waals surface area contributed by atoms with Crippen molar-refractivity contribution in [1.29, 1.82) is 0 Å². The van der Waals surface area contributed by atoms with Crippen LogP contribution in [0.5, 0.6) is 0 Å². The number of nitrogens with zero attached hydrogens (tertiary/aromatic N) is 3. The first-order valence-electron chi connectivity index (χ1n) is 9.40. The molecule has 0 unspecified atom stereocenters. The molecule has 1 aromatic heterocycles. The van der Waals surface area contributed by atoms with Gasteiger partial charge in [-0.15, -0.1) is 0 Å².